The maximum Gasteiger partial charge on any atom is 0.326 e. The molecule has 3 fully saturated rings. The summed E-state index contributed by atoms with van der Waals surface area (Å²) in [4.78, 5) is 37.3. The number of amides is 1. The van der Waals surface area contributed by atoms with Crippen LogP contribution in [-0.4, -0.2) is 57.5 Å². The molecule has 1 spiro atoms. The van der Waals surface area contributed by atoms with E-state index in [0.29, 0.717) is 13.0 Å². The molecule has 3 aliphatic rings. The molecular weight excluding hydrogens is 344 g/mol. The third kappa shape index (κ3) is 3.39. The zero-order valence-electron chi connectivity index (χ0n) is 16.1. The van der Waals surface area contributed by atoms with Crippen LogP contribution < -0.4 is 4.90 Å². The molecule has 1 saturated carbocycles. The van der Waals surface area contributed by atoms with Crippen molar-refractivity contribution in [2.75, 3.05) is 24.5 Å². The van der Waals surface area contributed by atoms with Gasteiger partial charge in [-0.15, -0.1) is 0 Å². The minimum Gasteiger partial charge on any atom is -0.480 e. The summed E-state index contributed by atoms with van der Waals surface area (Å²) in [6.45, 7) is 6.31. The molecule has 0 aromatic carbocycles. The van der Waals surface area contributed by atoms with Crippen LogP contribution in [0.5, 0.6) is 0 Å². The summed E-state index contributed by atoms with van der Waals surface area (Å²) in [7, 11) is 0. The molecule has 27 heavy (non-hydrogen) atoms. The lowest BCUT2D eigenvalue weighted by atomic mass is 9.76. The van der Waals surface area contributed by atoms with Gasteiger partial charge < -0.3 is 14.9 Å². The highest BCUT2D eigenvalue weighted by Gasteiger charge is 2.51. The molecule has 1 atom stereocenters. The molecule has 0 radical (unpaired) electrons. The van der Waals surface area contributed by atoms with Crippen molar-refractivity contribution in [1.82, 2.24) is 14.9 Å². The van der Waals surface area contributed by atoms with Gasteiger partial charge in [0, 0.05) is 37.3 Å². The Morgan fingerprint density at radius 3 is 2.59 bits per heavy atom. The van der Waals surface area contributed by atoms with E-state index < -0.39 is 12.0 Å². The van der Waals surface area contributed by atoms with E-state index in [1.165, 1.54) is 0 Å². The number of hydrogen-bond donors (Lipinski definition) is 1. The molecule has 146 valence electrons. The molecule has 0 unspecified atom stereocenters. The summed E-state index contributed by atoms with van der Waals surface area (Å²) in [5, 5.41) is 9.66. The van der Waals surface area contributed by atoms with Crippen molar-refractivity contribution in [1.29, 1.82) is 0 Å². The number of carboxylic acid groups (broad SMARTS) is 1. The van der Waals surface area contributed by atoms with Gasteiger partial charge in [-0.3, -0.25) is 4.79 Å². The Hall–Kier alpha value is -2.18. The predicted octanol–water partition coefficient (Wildman–Crippen LogP) is 2.03. The van der Waals surface area contributed by atoms with E-state index in [1.807, 2.05) is 13.1 Å². The number of aliphatic carboxylic acids is 1. The minimum atomic E-state index is -0.858. The van der Waals surface area contributed by atoms with Gasteiger partial charge in [0.05, 0.1) is 0 Å². The van der Waals surface area contributed by atoms with Gasteiger partial charge in [0.25, 0.3) is 0 Å². The Morgan fingerprint density at radius 1 is 1.30 bits per heavy atom. The fourth-order valence-electron chi connectivity index (χ4n) is 4.63. The molecule has 1 N–H and O–H groups in total. The standard InChI is InChI=1S/C20H28N4O3/c1-3-14-11-21-13(2)22-17(14)23-8-6-20(7-9-23)10-16(19(26)27)24(12-20)18(25)15-4-5-15/h11,15-16H,3-10,12H2,1-2H3,(H,26,27)/t16-/m0/s1. The summed E-state index contributed by atoms with van der Waals surface area (Å²) in [6, 6.07) is -0.655. The molecule has 1 aromatic rings. The van der Waals surface area contributed by atoms with E-state index in [4.69, 9.17) is 0 Å². The van der Waals surface area contributed by atoms with Gasteiger partial charge in [-0.25, -0.2) is 14.8 Å². The molecule has 7 nitrogen and oxygen atoms in total. The highest BCUT2D eigenvalue weighted by atomic mass is 16.4. The third-order valence-corrected chi connectivity index (χ3v) is 6.47. The SMILES string of the molecule is CCc1cnc(C)nc1N1CCC2(CC1)C[C@@H](C(=O)O)N(C(=O)C1CC1)C2. The molecule has 2 saturated heterocycles. The van der Waals surface area contributed by atoms with Crippen molar-refractivity contribution in [3.05, 3.63) is 17.6 Å². The number of aromatic nitrogens is 2. The molecule has 2 aliphatic heterocycles. The lowest BCUT2D eigenvalue weighted by Gasteiger charge is -2.40. The highest BCUT2D eigenvalue weighted by Crippen LogP contribution is 2.46. The first-order valence-electron chi connectivity index (χ1n) is 10.0. The van der Waals surface area contributed by atoms with Crippen LogP contribution in [0.4, 0.5) is 5.82 Å². The maximum absolute atomic E-state index is 12.6. The van der Waals surface area contributed by atoms with Crippen LogP contribution in [0.3, 0.4) is 0 Å². The van der Waals surface area contributed by atoms with Crippen LogP contribution >= 0.6 is 0 Å². The first kappa shape index (κ1) is 18.2. The highest BCUT2D eigenvalue weighted by molar-refractivity contribution is 5.87. The van der Waals surface area contributed by atoms with Gasteiger partial charge >= 0.3 is 5.97 Å². The average molecular weight is 372 g/mol. The van der Waals surface area contributed by atoms with E-state index in [0.717, 1.165) is 62.4 Å². The average Bonchev–Trinajstić information content (AvgIpc) is 3.44. The fraction of sp³-hybridized carbons (Fsp3) is 0.700. The normalized spacial score (nSPS) is 24.4. The smallest absolute Gasteiger partial charge is 0.326 e. The number of carbonyl (C=O) groups excluding carboxylic acids is 1. The Morgan fingerprint density at radius 2 is 2.00 bits per heavy atom. The number of piperidine rings is 1. The van der Waals surface area contributed by atoms with Gasteiger partial charge in [-0.05, 0) is 50.9 Å². The second kappa shape index (κ2) is 6.77. The second-order valence-electron chi connectivity index (χ2n) is 8.41. The first-order valence-corrected chi connectivity index (χ1v) is 10.0. The summed E-state index contributed by atoms with van der Waals surface area (Å²) >= 11 is 0. The first-order chi connectivity index (χ1) is 12.9. The lowest BCUT2D eigenvalue weighted by molar-refractivity contribution is -0.148. The zero-order valence-corrected chi connectivity index (χ0v) is 16.1. The van der Waals surface area contributed by atoms with Crippen LogP contribution in [0.15, 0.2) is 6.20 Å². The Balaban J connectivity index is 1.49. The number of likely N-dealkylation sites (tertiary alicyclic amines) is 1. The largest absolute Gasteiger partial charge is 0.480 e. The topological polar surface area (TPSA) is 86.6 Å². The van der Waals surface area contributed by atoms with Gasteiger partial charge in [-0.1, -0.05) is 6.92 Å². The molecule has 3 heterocycles. The summed E-state index contributed by atoms with van der Waals surface area (Å²) in [6.07, 6.45) is 7.01. The van der Waals surface area contributed by atoms with Crippen LogP contribution in [0.2, 0.25) is 0 Å². The maximum atomic E-state index is 12.6. The van der Waals surface area contributed by atoms with Crippen molar-refractivity contribution in [3.63, 3.8) is 0 Å². The van der Waals surface area contributed by atoms with Gasteiger partial charge in [0.15, 0.2) is 0 Å². The molecule has 7 heteroatoms. The molecule has 1 amide bonds. The van der Waals surface area contributed by atoms with E-state index >= 15 is 0 Å². The molecule has 0 bridgehead atoms. The molecule has 1 aliphatic carbocycles. The minimum absolute atomic E-state index is 0.0569. The van der Waals surface area contributed by atoms with Crippen molar-refractivity contribution in [2.24, 2.45) is 11.3 Å². The summed E-state index contributed by atoms with van der Waals surface area (Å²) in [5.41, 5.74) is 1.08. The Kier molecular flexibility index (Phi) is 4.56. The number of aryl methyl sites for hydroxylation is 2. The van der Waals surface area contributed by atoms with Crippen molar-refractivity contribution < 1.29 is 14.7 Å². The van der Waals surface area contributed by atoms with E-state index in [-0.39, 0.29) is 17.2 Å². The monoisotopic (exact) mass is 372 g/mol. The van der Waals surface area contributed by atoms with E-state index in [2.05, 4.69) is 21.8 Å². The summed E-state index contributed by atoms with van der Waals surface area (Å²) in [5.74, 6) is 1.05. The second-order valence-corrected chi connectivity index (χ2v) is 8.41. The van der Waals surface area contributed by atoms with Gasteiger partial charge in [0.1, 0.15) is 17.7 Å². The lowest BCUT2D eigenvalue weighted by Crippen LogP contribution is -2.44. The Labute approximate surface area is 159 Å². The Bertz CT molecular complexity index is 754. The number of nitrogens with zero attached hydrogens (tertiary/aromatic N) is 4. The van der Waals surface area contributed by atoms with Crippen molar-refractivity contribution >= 4 is 17.7 Å². The number of rotatable bonds is 4. The molecular formula is C20H28N4O3. The zero-order chi connectivity index (χ0) is 19.2. The number of carboxylic acids is 1. The van der Waals surface area contributed by atoms with Crippen LogP contribution in [0, 0.1) is 18.3 Å². The van der Waals surface area contributed by atoms with E-state index in [9.17, 15) is 14.7 Å². The van der Waals surface area contributed by atoms with Crippen LogP contribution in [0.1, 0.15) is 50.4 Å². The third-order valence-electron chi connectivity index (χ3n) is 6.47. The molecule has 4 rings (SSSR count). The van der Waals surface area contributed by atoms with Gasteiger partial charge in [-0.2, -0.15) is 0 Å². The summed E-state index contributed by atoms with van der Waals surface area (Å²) < 4.78 is 0. The van der Waals surface area contributed by atoms with Gasteiger partial charge in [0.2, 0.25) is 5.91 Å². The number of hydrogen-bond acceptors (Lipinski definition) is 5. The quantitative estimate of drug-likeness (QED) is 0.870. The molecule has 1 aromatic heterocycles. The van der Waals surface area contributed by atoms with Crippen LogP contribution in [-0.2, 0) is 16.0 Å². The number of anilines is 1. The number of carbonyl (C=O) groups is 2. The fourth-order valence-corrected chi connectivity index (χ4v) is 4.63. The van der Waals surface area contributed by atoms with E-state index in [1.54, 1.807) is 4.90 Å². The predicted molar refractivity (Wildman–Crippen MR) is 101 cm³/mol. The van der Waals surface area contributed by atoms with Crippen molar-refractivity contribution in [2.45, 2.75) is 58.4 Å². The van der Waals surface area contributed by atoms with Crippen molar-refractivity contribution in [3.8, 4) is 0 Å². The van der Waals surface area contributed by atoms with Crippen LogP contribution in [0.25, 0.3) is 0 Å².